The molecule has 1 heterocycles. The number of benzene rings is 3. The van der Waals surface area contributed by atoms with Gasteiger partial charge in [-0.2, -0.15) is 0 Å². The molecular formula is C24H21NO2S. The van der Waals surface area contributed by atoms with Crippen molar-refractivity contribution >= 4 is 29.4 Å². The van der Waals surface area contributed by atoms with Gasteiger partial charge in [0, 0.05) is 5.69 Å². The molecule has 4 rings (SSSR count). The molecule has 0 unspecified atom stereocenters. The van der Waals surface area contributed by atoms with Crippen LogP contribution in [0, 0.1) is 6.92 Å². The number of aryl methyl sites for hydroxylation is 1. The Hall–Kier alpha value is -2.98. The summed E-state index contributed by atoms with van der Waals surface area (Å²) in [4.78, 5) is 15.9. The second kappa shape index (κ2) is 7.95. The number of anilines is 1. The van der Waals surface area contributed by atoms with Gasteiger partial charge in [0.25, 0.3) is 5.91 Å². The number of carbonyl (C=O) groups is 1. The van der Waals surface area contributed by atoms with Crippen molar-refractivity contribution in [1.29, 1.82) is 0 Å². The minimum Gasteiger partial charge on any atom is -0.497 e. The first kappa shape index (κ1) is 18.4. The van der Waals surface area contributed by atoms with Gasteiger partial charge in [-0.15, -0.1) is 0 Å². The number of hydrogen-bond donors (Lipinski definition) is 0. The van der Waals surface area contributed by atoms with Gasteiger partial charge in [-0.25, -0.2) is 0 Å². The standard InChI is InChI=1S/C24H21NO2S/c1-17-8-10-19(11-9-17)24-25(20-12-14-21(27-2)15-13-20)23(26)22(28-24)16-18-6-4-3-5-7-18/h3-16,24H,1-2H3/b22-16+/t24-/m0/s1. The first-order valence-electron chi connectivity index (χ1n) is 9.13. The normalized spacial score (nSPS) is 17.9. The quantitative estimate of drug-likeness (QED) is 0.528. The van der Waals surface area contributed by atoms with Crippen LogP contribution in [0.2, 0.25) is 0 Å². The number of thioether (sulfide) groups is 1. The van der Waals surface area contributed by atoms with Gasteiger partial charge in [0.1, 0.15) is 11.1 Å². The summed E-state index contributed by atoms with van der Waals surface area (Å²) in [6.45, 7) is 2.07. The summed E-state index contributed by atoms with van der Waals surface area (Å²) in [5, 5.41) is -0.101. The predicted octanol–water partition coefficient (Wildman–Crippen LogP) is 5.82. The Labute approximate surface area is 169 Å². The average molecular weight is 388 g/mol. The Morgan fingerprint density at radius 2 is 1.61 bits per heavy atom. The van der Waals surface area contributed by atoms with E-state index in [1.54, 1.807) is 18.9 Å². The number of rotatable bonds is 4. The van der Waals surface area contributed by atoms with E-state index in [0.717, 1.165) is 27.5 Å². The molecule has 0 aliphatic carbocycles. The van der Waals surface area contributed by atoms with Gasteiger partial charge in [0.15, 0.2) is 0 Å². The van der Waals surface area contributed by atoms with Crippen LogP contribution in [0.15, 0.2) is 83.8 Å². The second-order valence-electron chi connectivity index (χ2n) is 6.67. The highest BCUT2D eigenvalue weighted by Gasteiger charge is 2.38. The van der Waals surface area contributed by atoms with Gasteiger partial charge in [0.05, 0.1) is 12.0 Å². The molecule has 3 aromatic carbocycles. The maximum atomic E-state index is 13.3. The summed E-state index contributed by atoms with van der Waals surface area (Å²) in [5.41, 5.74) is 4.20. The molecule has 1 fully saturated rings. The molecule has 140 valence electrons. The molecule has 1 aliphatic heterocycles. The van der Waals surface area contributed by atoms with Crippen molar-refractivity contribution in [2.24, 2.45) is 0 Å². The smallest absolute Gasteiger partial charge is 0.266 e. The fourth-order valence-electron chi connectivity index (χ4n) is 3.19. The van der Waals surface area contributed by atoms with Crippen molar-refractivity contribution in [2.75, 3.05) is 12.0 Å². The lowest BCUT2D eigenvalue weighted by Gasteiger charge is -2.24. The van der Waals surface area contributed by atoms with Crippen molar-refractivity contribution in [3.63, 3.8) is 0 Å². The first-order valence-corrected chi connectivity index (χ1v) is 10.0. The average Bonchev–Trinajstić information content (AvgIpc) is 3.05. The van der Waals surface area contributed by atoms with Gasteiger partial charge in [0.2, 0.25) is 0 Å². The van der Waals surface area contributed by atoms with E-state index in [2.05, 4.69) is 31.2 Å². The lowest BCUT2D eigenvalue weighted by atomic mass is 10.1. The SMILES string of the molecule is COc1ccc(N2C(=O)/C(=C\c3ccccc3)S[C@H]2c2ccc(C)cc2)cc1. The van der Waals surface area contributed by atoms with E-state index in [1.807, 2.05) is 65.6 Å². The molecule has 0 aromatic heterocycles. The van der Waals surface area contributed by atoms with Crippen LogP contribution in [-0.2, 0) is 4.79 Å². The fourth-order valence-corrected chi connectivity index (χ4v) is 4.45. The number of carbonyl (C=O) groups excluding carboxylic acids is 1. The Bertz CT molecular complexity index is 995. The Balaban J connectivity index is 1.75. The third-order valence-electron chi connectivity index (χ3n) is 4.71. The molecule has 1 amide bonds. The van der Waals surface area contributed by atoms with Gasteiger partial charge < -0.3 is 4.74 Å². The van der Waals surface area contributed by atoms with E-state index in [0.29, 0.717) is 0 Å². The minimum atomic E-state index is -0.101. The molecule has 1 atom stereocenters. The zero-order chi connectivity index (χ0) is 19.5. The zero-order valence-electron chi connectivity index (χ0n) is 15.8. The van der Waals surface area contributed by atoms with E-state index >= 15 is 0 Å². The van der Waals surface area contributed by atoms with E-state index in [9.17, 15) is 4.79 Å². The van der Waals surface area contributed by atoms with E-state index < -0.39 is 0 Å². The molecule has 0 bridgehead atoms. The Kier molecular flexibility index (Phi) is 5.22. The summed E-state index contributed by atoms with van der Waals surface area (Å²) >= 11 is 1.59. The Morgan fingerprint density at radius 3 is 2.25 bits per heavy atom. The van der Waals surface area contributed by atoms with E-state index in [-0.39, 0.29) is 11.3 Å². The molecular weight excluding hydrogens is 366 g/mol. The highest BCUT2D eigenvalue weighted by atomic mass is 32.2. The van der Waals surface area contributed by atoms with Gasteiger partial charge in [-0.05, 0) is 48.4 Å². The largest absolute Gasteiger partial charge is 0.497 e. The van der Waals surface area contributed by atoms with Crippen molar-refractivity contribution in [2.45, 2.75) is 12.3 Å². The zero-order valence-corrected chi connectivity index (χ0v) is 16.6. The summed E-state index contributed by atoms with van der Waals surface area (Å²) in [7, 11) is 1.64. The summed E-state index contributed by atoms with van der Waals surface area (Å²) in [6, 6.07) is 26.0. The Morgan fingerprint density at radius 1 is 0.929 bits per heavy atom. The van der Waals surface area contributed by atoms with Crippen LogP contribution in [-0.4, -0.2) is 13.0 Å². The van der Waals surface area contributed by atoms with Gasteiger partial charge in [-0.3, -0.25) is 9.69 Å². The molecule has 0 radical (unpaired) electrons. The summed E-state index contributed by atoms with van der Waals surface area (Å²) in [6.07, 6.45) is 1.97. The maximum Gasteiger partial charge on any atom is 0.266 e. The minimum absolute atomic E-state index is 0.0181. The number of hydrogen-bond acceptors (Lipinski definition) is 3. The maximum absolute atomic E-state index is 13.3. The summed E-state index contributed by atoms with van der Waals surface area (Å²) in [5.74, 6) is 0.791. The predicted molar refractivity (Wildman–Crippen MR) is 116 cm³/mol. The number of amides is 1. The monoisotopic (exact) mass is 387 g/mol. The van der Waals surface area contributed by atoms with Gasteiger partial charge >= 0.3 is 0 Å². The van der Waals surface area contributed by atoms with Crippen LogP contribution in [0.5, 0.6) is 5.75 Å². The van der Waals surface area contributed by atoms with Crippen molar-refractivity contribution < 1.29 is 9.53 Å². The highest BCUT2D eigenvalue weighted by Crippen LogP contribution is 2.48. The summed E-state index contributed by atoms with van der Waals surface area (Å²) < 4.78 is 5.26. The first-order chi connectivity index (χ1) is 13.7. The number of nitrogens with zero attached hydrogens (tertiary/aromatic N) is 1. The molecule has 0 N–H and O–H groups in total. The second-order valence-corrected chi connectivity index (χ2v) is 7.80. The van der Waals surface area contributed by atoms with Crippen LogP contribution >= 0.6 is 11.8 Å². The molecule has 4 heteroatoms. The fraction of sp³-hybridized carbons (Fsp3) is 0.125. The van der Waals surface area contributed by atoms with Crippen LogP contribution in [0.25, 0.3) is 6.08 Å². The molecule has 0 spiro atoms. The van der Waals surface area contributed by atoms with Crippen molar-refractivity contribution in [3.05, 3.63) is 100 Å². The third-order valence-corrected chi connectivity index (χ3v) is 5.97. The van der Waals surface area contributed by atoms with Gasteiger partial charge in [-0.1, -0.05) is 71.9 Å². The topological polar surface area (TPSA) is 29.5 Å². The molecule has 3 aromatic rings. The van der Waals surface area contributed by atoms with Crippen LogP contribution in [0.3, 0.4) is 0 Å². The third kappa shape index (κ3) is 3.69. The van der Waals surface area contributed by atoms with Crippen LogP contribution in [0.1, 0.15) is 22.1 Å². The molecule has 0 saturated carbocycles. The van der Waals surface area contributed by atoms with E-state index in [4.69, 9.17) is 4.74 Å². The van der Waals surface area contributed by atoms with Crippen molar-refractivity contribution in [1.82, 2.24) is 0 Å². The molecule has 3 nitrogen and oxygen atoms in total. The van der Waals surface area contributed by atoms with Crippen LogP contribution < -0.4 is 9.64 Å². The lowest BCUT2D eigenvalue weighted by Crippen LogP contribution is -2.27. The molecule has 1 aliphatic rings. The lowest BCUT2D eigenvalue weighted by molar-refractivity contribution is -0.114. The highest BCUT2D eigenvalue weighted by molar-refractivity contribution is 8.05. The van der Waals surface area contributed by atoms with Crippen molar-refractivity contribution in [3.8, 4) is 5.75 Å². The van der Waals surface area contributed by atoms with E-state index in [1.165, 1.54) is 5.56 Å². The number of methoxy groups -OCH3 is 1. The number of ether oxygens (including phenoxy) is 1. The van der Waals surface area contributed by atoms with Crippen LogP contribution in [0.4, 0.5) is 5.69 Å². The molecule has 1 saturated heterocycles. The molecule has 28 heavy (non-hydrogen) atoms.